The van der Waals surface area contributed by atoms with Crippen LogP contribution >= 0.6 is 11.3 Å². The summed E-state index contributed by atoms with van der Waals surface area (Å²) < 4.78 is 7.05. The topological polar surface area (TPSA) is 55.6 Å². The summed E-state index contributed by atoms with van der Waals surface area (Å²) in [6.45, 7) is 7.45. The maximum Gasteiger partial charge on any atom is 0.413 e. The second kappa shape index (κ2) is 4.03. The second-order valence-electron chi connectivity index (χ2n) is 4.74. The summed E-state index contributed by atoms with van der Waals surface area (Å²) in [4.78, 5) is 17.7. The highest BCUT2D eigenvalue weighted by Gasteiger charge is 2.18. The fourth-order valence-corrected chi connectivity index (χ4v) is 2.36. The van der Waals surface area contributed by atoms with Crippen molar-refractivity contribution < 1.29 is 9.53 Å². The van der Waals surface area contributed by atoms with E-state index in [1.54, 1.807) is 23.9 Å². The standard InChI is InChI=1S/C11H15N3O2S/c1-7-9(13-10(15)16-11(2,3)4)14-6-12-5-8(14)17-7/h5-6H,1-4H3,(H,13,15). The number of nitrogens with one attached hydrogen (secondary N) is 1. The first kappa shape index (κ1) is 11.9. The molecule has 5 nitrogen and oxygen atoms in total. The predicted molar refractivity (Wildman–Crippen MR) is 67.7 cm³/mol. The minimum absolute atomic E-state index is 0.450. The molecule has 0 atom stereocenters. The molecule has 0 aliphatic heterocycles. The number of carbonyl (C=O) groups is 1. The Hall–Kier alpha value is -1.56. The van der Waals surface area contributed by atoms with Gasteiger partial charge in [-0.3, -0.25) is 9.72 Å². The Balaban J connectivity index is 2.20. The second-order valence-corrected chi connectivity index (χ2v) is 5.97. The zero-order chi connectivity index (χ0) is 12.6. The number of aromatic nitrogens is 2. The number of ether oxygens (including phenoxy) is 1. The molecule has 0 aliphatic carbocycles. The average molecular weight is 253 g/mol. The molecule has 2 aromatic rings. The van der Waals surface area contributed by atoms with Gasteiger partial charge in [0.2, 0.25) is 0 Å². The van der Waals surface area contributed by atoms with Crippen molar-refractivity contribution in [2.75, 3.05) is 5.32 Å². The zero-order valence-corrected chi connectivity index (χ0v) is 11.1. The van der Waals surface area contributed by atoms with E-state index in [1.807, 2.05) is 32.1 Å². The number of amides is 1. The lowest BCUT2D eigenvalue weighted by molar-refractivity contribution is 0.0635. The molecular formula is C11H15N3O2S. The van der Waals surface area contributed by atoms with Crippen molar-refractivity contribution in [3.63, 3.8) is 0 Å². The molecule has 17 heavy (non-hydrogen) atoms. The third-order valence-corrected chi connectivity index (χ3v) is 3.07. The molecule has 0 radical (unpaired) electrons. The van der Waals surface area contributed by atoms with E-state index in [1.165, 1.54) is 0 Å². The van der Waals surface area contributed by atoms with Crippen LogP contribution in [0, 0.1) is 6.92 Å². The highest BCUT2D eigenvalue weighted by atomic mass is 32.1. The van der Waals surface area contributed by atoms with Crippen molar-refractivity contribution in [3.05, 3.63) is 17.4 Å². The molecule has 1 N–H and O–H groups in total. The van der Waals surface area contributed by atoms with Crippen LogP contribution in [0.15, 0.2) is 12.5 Å². The van der Waals surface area contributed by atoms with E-state index in [4.69, 9.17) is 4.74 Å². The van der Waals surface area contributed by atoms with Gasteiger partial charge in [0.05, 0.1) is 6.20 Å². The zero-order valence-electron chi connectivity index (χ0n) is 10.3. The molecule has 0 spiro atoms. The van der Waals surface area contributed by atoms with Gasteiger partial charge < -0.3 is 4.74 Å². The summed E-state index contributed by atoms with van der Waals surface area (Å²) in [6, 6.07) is 0. The van der Waals surface area contributed by atoms with E-state index in [0.29, 0.717) is 0 Å². The van der Waals surface area contributed by atoms with Crippen LogP contribution in [0.5, 0.6) is 0 Å². The number of carbonyl (C=O) groups excluding carboxylic acids is 1. The number of anilines is 1. The quantitative estimate of drug-likeness (QED) is 0.849. The summed E-state index contributed by atoms with van der Waals surface area (Å²) in [5, 5.41) is 2.75. The van der Waals surface area contributed by atoms with E-state index >= 15 is 0 Å². The monoisotopic (exact) mass is 253 g/mol. The minimum atomic E-state index is -0.498. The van der Waals surface area contributed by atoms with E-state index in [-0.39, 0.29) is 0 Å². The first-order chi connectivity index (χ1) is 7.87. The molecule has 2 aromatic heterocycles. The molecule has 2 heterocycles. The molecule has 92 valence electrons. The summed E-state index contributed by atoms with van der Waals surface area (Å²) in [6.07, 6.45) is 2.98. The van der Waals surface area contributed by atoms with Crippen molar-refractivity contribution >= 4 is 28.1 Å². The van der Waals surface area contributed by atoms with Gasteiger partial charge in [0.1, 0.15) is 22.6 Å². The van der Waals surface area contributed by atoms with Gasteiger partial charge in [-0.25, -0.2) is 9.78 Å². The summed E-state index contributed by atoms with van der Waals surface area (Å²) >= 11 is 1.58. The van der Waals surface area contributed by atoms with Gasteiger partial charge >= 0.3 is 6.09 Å². The fraction of sp³-hybridized carbons (Fsp3) is 0.455. The normalized spacial score (nSPS) is 11.8. The number of hydrogen-bond acceptors (Lipinski definition) is 4. The van der Waals surface area contributed by atoms with Gasteiger partial charge in [-0.05, 0) is 27.7 Å². The number of hydrogen-bond donors (Lipinski definition) is 1. The van der Waals surface area contributed by atoms with Crippen LogP contribution in [0.3, 0.4) is 0 Å². The number of nitrogens with zero attached hydrogens (tertiary/aromatic N) is 2. The third-order valence-electron chi connectivity index (χ3n) is 2.06. The third kappa shape index (κ3) is 2.58. The molecule has 0 aliphatic rings. The molecule has 0 unspecified atom stereocenters. The van der Waals surface area contributed by atoms with Gasteiger partial charge in [-0.1, -0.05) is 0 Å². The number of fused-ring (bicyclic) bond motifs is 1. The molecular weight excluding hydrogens is 238 g/mol. The maximum atomic E-state index is 11.7. The van der Waals surface area contributed by atoms with E-state index in [2.05, 4.69) is 10.3 Å². The molecule has 0 aromatic carbocycles. The van der Waals surface area contributed by atoms with Crippen molar-refractivity contribution in [1.82, 2.24) is 9.38 Å². The highest BCUT2D eigenvalue weighted by molar-refractivity contribution is 7.17. The number of aryl methyl sites for hydroxylation is 1. The first-order valence-corrected chi connectivity index (χ1v) is 6.10. The molecule has 1 amide bonds. The Bertz CT molecular complexity index is 551. The number of thiazole rings is 1. The summed E-state index contributed by atoms with van der Waals surface area (Å²) in [5.41, 5.74) is -0.498. The lowest BCUT2D eigenvalue weighted by Crippen LogP contribution is -2.27. The molecule has 6 heteroatoms. The maximum absolute atomic E-state index is 11.7. The molecule has 0 saturated carbocycles. The van der Waals surface area contributed by atoms with Crippen LogP contribution in [-0.4, -0.2) is 21.1 Å². The SMILES string of the molecule is Cc1sc2cncn2c1NC(=O)OC(C)(C)C. The van der Waals surface area contributed by atoms with Crippen LogP contribution in [0.4, 0.5) is 10.6 Å². The first-order valence-electron chi connectivity index (χ1n) is 5.28. The van der Waals surface area contributed by atoms with Crippen molar-refractivity contribution in [3.8, 4) is 0 Å². The lowest BCUT2D eigenvalue weighted by atomic mass is 10.2. The van der Waals surface area contributed by atoms with E-state index in [0.717, 1.165) is 15.5 Å². The van der Waals surface area contributed by atoms with Crippen LogP contribution in [0.1, 0.15) is 25.6 Å². The highest BCUT2D eigenvalue weighted by Crippen LogP contribution is 2.26. The number of imidazole rings is 1. The Morgan fingerprint density at radius 2 is 2.24 bits per heavy atom. The Morgan fingerprint density at radius 3 is 2.88 bits per heavy atom. The van der Waals surface area contributed by atoms with E-state index in [9.17, 15) is 4.79 Å². The largest absolute Gasteiger partial charge is 0.444 e. The van der Waals surface area contributed by atoms with Gasteiger partial charge in [-0.15, -0.1) is 11.3 Å². The Labute approximate surface area is 103 Å². The van der Waals surface area contributed by atoms with Crippen molar-refractivity contribution in [2.24, 2.45) is 0 Å². The predicted octanol–water partition coefficient (Wildman–Crippen LogP) is 3.05. The molecule has 0 bridgehead atoms. The van der Waals surface area contributed by atoms with E-state index < -0.39 is 11.7 Å². The molecule has 0 saturated heterocycles. The molecule has 0 fully saturated rings. The van der Waals surface area contributed by atoms with Gasteiger partial charge in [0, 0.05) is 4.88 Å². The van der Waals surface area contributed by atoms with Crippen molar-refractivity contribution in [2.45, 2.75) is 33.3 Å². The summed E-state index contributed by atoms with van der Waals surface area (Å²) in [7, 11) is 0. The molecule has 2 rings (SSSR count). The van der Waals surface area contributed by atoms with Crippen molar-refractivity contribution in [1.29, 1.82) is 0 Å². The average Bonchev–Trinajstić information content (AvgIpc) is 2.67. The smallest absolute Gasteiger partial charge is 0.413 e. The summed E-state index contributed by atoms with van der Waals surface area (Å²) in [5.74, 6) is 0.719. The lowest BCUT2D eigenvalue weighted by Gasteiger charge is -2.19. The minimum Gasteiger partial charge on any atom is -0.444 e. The van der Waals surface area contributed by atoms with Crippen LogP contribution in [0.2, 0.25) is 0 Å². The number of rotatable bonds is 1. The van der Waals surface area contributed by atoms with Gasteiger partial charge in [0.15, 0.2) is 0 Å². The van der Waals surface area contributed by atoms with Crippen LogP contribution in [0.25, 0.3) is 4.83 Å². The Kier molecular flexibility index (Phi) is 2.82. The van der Waals surface area contributed by atoms with Gasteiger partial charge in [0.25, 0.3) is 0 Å². The fourth-order valence-electron chi connectivity index (χ4n) is 1.45. The van der Waals surface area contributed by atoms with Gasteiger partial charge in [-0.2, -0.15) is 0 Å². The van der Waals surface area contributed by atoms with Crippen LogP contribution in [-0.2, 0) is 4.74 Å². The van der Waals surface area contributed by atoms with Crippen LogP contribution < -0.4 is 5.32 Å². The Morgan fingerprint density at radius 1 is 1.53 bits per heavy atom.